The van der Waals surface area contributed by atoms with Crippen molar-refractivity contribution < 1.29 is 14.6 Å². The van der Waals surface area contributed by atoms with Crippen molar-refractivity contribution in [2.24, 2.45) is 0 Å². The lowest BCUT2D eigenvalue weighted by Gasteiger charge is -2.33. The highest BCUT2D eigenvalue weighted by Crippen LogP contribution is 2.38. The summed E-state index contributed by atoms with van der Waals surface area (Å²) in [4.78, 5) is 28.6. The highest BCUT2D eigenvalue weighted by molar-refractivity contribution is 5.88. The molecule has 2 N–H and O–H groups in total. The van der Waals surface area contributed by atoms with E-state index >= 15 is 0 Å². The minimum absolute atomic E-state index is 0.150. The zero-order chi connectivity index (χ0) is 15.1. The first-order chi connectivity index (χ1) is 10.7. The molecule has 0 saturated heterocycles. The van der Waals surface area contributed by atoms with Crippen molar-refractivity contribution in [3.05, 3.63) is 36.9 Å². The maximum atomic E-state index is 11.4. The largest absolute Gasteiger partial charge is 0.478 e. The minimum Gasteiger partial charge on any atom is -0.478 e. The Balaban J connectivity index is 1.89. The molecule has 0 radical (unpaired) electrons. The zero-order valence-corrected chi connectivity index (χ0v) is 11.3. The molecule has 8 nitrogen and oxygen atoms in total. The SMILES string of the molecule is O=C(O)C1CN(c2ncnc3nc[nH]c23)c2ccccc2O1. The molecule has 0 aliphatic carbocycles. The van der Waals surface area contributed by atoms with Crippen LogP contribution in [0.15, 0.2) is 36.9 Å². The molecule has 8 heteroatoms. The van der Waals surface area contributed by atoms with E-state index in [-0.39, 0.29) is 6.54 Å². The van der Waals surface area contributed by atoms with Gasteiger partial charge in [0.2, 0.25) is 6.10 Å². The van der Waals surface area contributed by atoms with Crippen LogP contribution < -0.4 is 9.64 Å². The quantitative estimate of drug-likeness (QED) is 0.735. The van der Waals surface area contributed by atoms with E-state index in [0.29, 0.717) is 22.7 Å². The fourth-order valence-corrected chi connectivity index (χ4v) is 2.52. The summed E-state index contributed by atoms with van der Waals surface area (Å²) in [6.45, 7) is 0.150. The van der Waals surface area contributed by atoms with Crippen LogP contribution in [-0.2, 0) is 4.79 Å². The second-order valence-electron chi connectivity index (χ2n) is 4.82. The van der Waals surface area contributed by atoms with Gasteiger partial charge in [-0.3, -0.25) is 0 Å². The van der Waals surface area contributed by atoms with E-state index in [2.05, 4.69) is 19.9 Å². The summed E-state index contributed by atoms with van der Waals surface area (Å²) in [5, 5.41) is 9.30. The molecule has 2 aromatic heterocycles. The molecule has 1 atom stereocenters. The Kier molecular flexibility index (Phi) is 2.68. The predicted octanol–water partition coefficient (Wildman–Crippen LogP) is 1.34. The van der Waals surface area contributed by atoms with Gasteiger partial charge >= 0.3 is 5.97 Å². The first-order valence-electron chi connectivity index (χ1n) is 6.64. The van der Waals surface area contributed by atoms with Gasteiger partial charge in [0.25, 0.3) is 0 Å². The smallest absolute Gasteiger partial charge is 0.346 e. The number of nitrogens with one attached hydrogen (secondary N) is 1. The van der Waals surface area contributed by atoms with Crippen LogP contribution in [0.3, 0.4) is 0 Å². The van der Waals surface area contributed by atoms with Crippen molar-refractivity contribution in [1.29, 1.82) is 0 Å². The molecule has 1 aromatic carbocycles. The molecular formula is C14H11N5O3. The number of H-pyrrole nitrogens is 1. The molecule has 0 amide bonds. The fraction of sp³-hybridized carbons (Fsp3) is 0.143. The Labute approximate surface area is 124 Å². The summed E-state index contributed by atoms with van der Waals surface area (Å²) < 4.78 is 5.53. The predicted molar refractivity (Wildman–Crippen MR) is 77.2 cm³/mol. The third kappa shape index (κ3) is 1.85. The maximum absolute atomic E-state index is 11.4. The fourth-order valence-electron chi connectivity index (χ4n) is 2.52. The third-order valence-corrected chi connectivity index (χ3v) is 3.51. The van der Waals surface area contributed by atoms with Crippen molar-refractivity contribution >= 4 is 28.6 Å². The number of benzene rings is 1. The number of hydrogen-bond acceptors (Lipinski definition) is 6. The molecular weight excluding hydrogens is 286 g/mol. The maximum Gasteiger partial charge on any atom is 0.346 e. The Morgan fingerprint density at radius 2 is 2.18 bits per heavy atom. The van der Waals surface area contributed by atoms with Crippen LogP contribution in [0.2, 0.25) is 0 Å². The second kappa shape index (κ2) is 4.69. The summed E-state index contributed by atoms with van der Waals surface area (Å²) >= 11 is 0. The number of hydrogen-bond donors (Lipinski definition) is 2. The van der Waals surface area contributed by atoms with Crippen molar-refractivity contribution in [2.45, 2.75) is 6.10 Å². The lowest BCUT2D eigenvalue weighted by atomic mass is 10.2. The number of aliphatic carboxylic acids is 1. The molecule has 4 rings (SSSR count). The highest BCUT2D eigenvalue weighted by atomic mass is 16.5. The molecule has 1 aliphatic heterocycles. The average Bonchev–Trinajstić information content (AvgIpc) is 3.02. The van der Waals surface area contributed by atoms with E-state index in [0.717, 1.165) is 5.69 Å². The molecule has 3 heterocycles. The van der Waals surface area contributed by atoms with Gasteiger partial charge in [0.15, 0.2) is 11.5 Å². The van der Waals surface area contributed by atoms with E-state index in [4.69, 9.17) is 4.74 Å². The van der Waals surface area contributed by atoms with Crippen LogP contribution in [0, 0.1) is 0 Å². The van der Waals surface area contributed by atoms with Crippen LogP contribution in [0.4, 0.5) is 11.5 Å². The van der Waals surface area contributed by atoms with E-state index < -0.39 is 12.1 Å². The number of carbonyl (C=O) groups is 1. The summed E-state index contributed by atoms with van der Waals surface area (Å²) in [5.41, 5.74) is 1.94. The summed E-state index contributed by atoms with van der Waals surface area (Å²) in [6, 6.07) is 7.26. The van der Waals surface area contributed by atoms with E-state index in [1.807, 2.05) is 12.1 Å². The molecule has 3 aromatic rings. The van der Waals surface area contributed by atoms with Crippen molar-refractivity contribution in [1.82, 2.24) is 19.9 Å². The Bertz CT molecular complexity index is 862. The second-order valence-corrected chi connectivity index (χ2v) is 4.82. The number of rotatable bonds is 2. The molecule has 1 unspecified atom stereocenters. The first-order valence-corrected chi connectivity index (χ1v) is 6.64. The Hall–Kier alpha value is -3.16. The van der Waals surface area contributed by atoms with Gasteiger partial charge in [-0.2, -0.15) is 0 Å². The Morgan fingerprint density at radius 3 is 3.05 bits per heavy atom. The highest BCUT2D eigenvalue weighted by Gasteiger charge is 2.32. The number of fused-ring (bicyclic) bond motifs is 2. The van der Waals surface area contributed by atoms with Gasteiger partial charge in [0, 0.05) is 0 Å². The van der Waals surface area contributed by atoms with Crippen LogP contribution >= 0.6 is 0 Å². The lowest BCUT2D eigenvalue weighted by Crippen LogP contribution is -2.42. The molecule has 0 saturated carbocycles. The van der Waals surface area contributed by atoms with Gasteiger partial charge in [-0.25, -0.2) is 19.7 Å². The first kappa shape index (κ1) is 12.6. The summed E-state index contributed by atoms with van der Waals surface area (Å²) in [7, 11) is 0. The van der Waals surface area contributed by atoms with Gasteiger partial charge in [-0.05, 0) is 12.1 Å². The van der Waals surface area contributed by atoms with Crippen molar-refractivity contribution in [3.8, 4) is 5.75 Å². The molecule has 110 valence electrons. The number of carboxylic acids is 1. The van der Waals surface area contributed by atoms with Crippen LogP contribution in [-0.4, -0.2) is 43.7 Å². The average molecular weight is 297 g/mol. The van der Waals surface area contributed by atoms with Crippen molar-refractivity contribution in [2.75, 3.05) is 11.4 Å². The van der Waals surface area contributed by atoms with E-state index in [1.165, 1.54) is 12.7 Å². The number of imidazole rings is 1. The van der Waals surface area contributed by atoms with Crippen LogP contribution in [0.1, 0.15) is 0 Å². The van der Waals surface area contributed by atoms with Gasteiger partial charge in [-0.1, -0.05) is 12.1 Å². The monoisotopic (exact) mass is 297 g/mol. The van der Waals surface area contributed by atoms with E-state index in [1.54, 1.807) is 17.0 Å². The van der Waals surface area contributed by atoms with Crippen molar-refractivity contribution in [3.63, 3.8) is 0 Å². The molecule has 1 aliphatic rings. The molecule has 0 spiro atoms. The van der Waals surface area contributed by atoms with Gasteiger partial charge in [0.1, 0.15) is 17.6 Å². The zero-order valence-electron chi connectivity index (χ0n) is 11.3. The Morgan fingerprint density at radius 1 is 1.32 bits per heavy atom. The number of aromatic nitrogens is 4. The van der Waals surface area contributed by atoms with Crippen LogP contribution in [0.5, 0.6) is 5.75 Å². The van der Waals surface area contributed by atoms with Gasteiger partial charge < -0.3 is 19.7 Å². The topological polar surface area (TPSA) is 104 Å². The molecule has 0 bridgehead atoms. The number of anilines is 2. The number of carboxylic acid groups (broad SMARTS) is 1. The minimum atomic E-state index is -1.02. The normalized spacial score (nSPS) is 17.1. The summed E-state index contributed by atoms with van der Waals surface area (Å²) in [5.74, 6) is 0.0614. The number of para-hydroxylation sites is 2. The standard InChI is InChI=1S/C14H11N5O3/c20-14(21)10-5-19(8-3-1-2-4-9(8)22-10)13-11-12(16-6-15-11)17-7-18-13/h1-4,6-7,10H,5H2,(H,20,21)(H,15,16,17,18). The molecule has 22 heavy (non-hydrogen) atoms. The lowest BCUT2D eigenvalue weighted by molar-refractivity contribution is -0.144. The van der Waals surface area contributed by atoms with E-state index in [9.17, 15) is 9.90 Å². The third-order valence-electron chi connectivity index (χ3n) is 3.51. The summed E-state index contributed by atoms with van der Waals surface area (Å²) in [6.07, 6.45) is 1.97. The number of aromatic amines is 1. The van der Waals surface area contributed by atoms with Gasteiger partial charge in [0.05, 0.1) is 18.6 Å². The molecule has 0 fully saturated rings. The van der Waals surface area contributed by atoms with Crippen LogP contribution in [0.25, 0.3) is 11.2 Å². The number of nitrogens with zero attached hydrogens (tertiary/aromatic N) is 4. The number of ether oxygens (including phenoxy) is 1. The van der Waals surface area contributed by atoms with Gasteiger partial charge in [-0.15, -0.1) is 0 Å².